The molecule has 1 aromatic rings. The first-order valence-electron chi connectivity index (χ1n) is 5.59. The average molecular weight is 279 g/mol. The molecule has 0 amide bonds. The molecule has 1 atom stereocenters. The highest BCUT2D eigenvalue weighted by Crippen LogP contribution is 2.27. The van der Waals surface area contributed by atoms with Gasteiger partial charge >= 0.3 is 0 Å². The maximum Gasteiger partial charge on any atom is 0.146 e. The van der Waals surface area contributed by atoms with Crippen molar-refractivity contribution in [2.75, 3.05) is 26.2 Å². The molecular formula is C12H17Cl2FN2. The van der Waals surface area contributed by atoms with Gasteiger partial charge in [0.15, 0.2) is 0 Å². The smallest absolute Gasteiger partial charge is 0.146 e. The summed E-state index contributed by atoms with van der Waals surface area (Å²) < 4.78 is 13.8. The van der Waals surface area contributed by atoms with E-state index in [1.807, 2.05) is 13.0 Å². The molecule has 1 aliphatic heterocycles. The number of nitrogens with one attached hydrogen (secondary N) is 1. The van der Waals surface area contributed by atoms with E-state index in [1.165, 1.54) is 0 Å². The van der Waals surface area contributed by atoms with Crippen molar-refractivity contribution in [1.29, 1.82) is 0 Å². The Bertz CT molecular complexity index is 368. The number of nitrogens with zero attached hydrogens (tertiary/aromatic N) is 1. The molecule has 17 heavy (non-hydrogen) atoms. The summed E-state index contributed by atoms with van der Waals surface area (Å²) >= 11 is 5.79. The van der Waals surface area contributed by atoms with Crippen molar-refractivity contribution in [3.8, 4) is 0 Å². The molecule has 1 fully saturated rings. The molecule has 5 heteroatoms. The second-order valence-corrected chi connectivity index (χ2v) is 4.51. The van der Waals surface area contributed by atoms with Gasteiger partial charge < -0.3 is 5.32 Å². The van der Waals surface area contributed by atoms with E-state index < -0.39 is 0 Å². The van der Waals surface area contributed by atoms with Gasteiger partial charge in [-0.25, -0.2) is 4.39 Å². The lowest BCUT2D eigenvalue weighted by Crippen LogP contribution is -2.44. The van der Waals surface area contributed by atoms with Gasteiger partial charge in [0.05, 0.1) is 5.02 Å². The van der Waals surface area contributed by atoms with E-state index in [0.717, 1.165) is 26.2 Å². The molecular weight excluding hydrogens is 262 g/mol. The first-order valence-corrected chi connectivity index (χ1v) is 5.96. The lowest BCUT2D eigenvalue weighted by atomic mass is 10.1. The fourth-order valence-electron chi connectivity index (χ4n) is 2.11. The van der Waals surface area contributed by atoms with Gasteiger partial charge in [-0.2, -0.15) is 0 Å². The zero-order valence-corrected chi connectivity index (χ0v) is 11.3. The molecule has 1 aliphatic rings. The van der Waals surface area contributed by atoms with Gasteiger partial charge in [-0.1, -0.05) is 23.7 Å². The van der Waals surface area contributed by atoms with E-state index in [4.69, 9.17) is 11.6 Å². The minimum Gasteiger partial charge on any atom is -0.314 e. The summed E-state index contributed by atoms with van der Waals surface area (Å²) in [5.74, 6) is -0.282. The number of hydrogen-bond acceptors (Lipinski definition) is 2. The largest absolute Gasteiger partial charge is 0.314 e. The van der Waals surface area contributed by atoms with E-state index in [9.17, 15) is 4.39 Å². The van der Waals surface area contributed by atoms with Gasteiger partial charge in [-0.05, 0) is 13.0 Å². The Morgan fingerprint density at radius 1 is 1.35 bits per heavy atom. The zero-order chi connectivity index (χ0) is 11.5. The van der Waals surface area contributed by atoms with E-state index in [2.05, 4.69) is 10.2 Å². The Labute approximate surface area is 113 Å². The fraction of sp³-hybridized carbons (Fsp3) is 0.500. The molecule has 0 saturated carbocycles. The molecule has 2 rings (SSSR count). The predicted molar refractivity (Wildman–Crippen MR) is 71.5 cm³/mol. The van der Waals surface area contributed by atoms with Gasteiger partial charge in [0, 0.05) is 37.8 Å². The van der Waals surface area contributed by atoms with Crippen LogP contribution in [-0.4, -0.2) is 31.1 Å². The Hall–Kier alpha value is -0.350. The lowest BCUT2D eigenvalue weighted by Gasteiger charge is -2.33. The van der Waals surface area contributed by atoms with Crippen LogP contribution >= 0.6 is 24.0 Å². The van der Waals surface area contributed by atoms with Gasteiger partial charge in [-0.3, -0.25) is 4.90 Å². The minimum atomic E-state index is -0.282. The number of benzene rings is 1. The Morgan fingerprint density at radius 2 is 2.00 bits per heavy atom. The van der Waals surface area contributed by atoms with Crippen molar-refractivity contribution in [2.24, 2.45) is 0 Å². The normalized spacial score (nSPS) is 18.5. The molecule has 1 N–H and O–H groups in total. The molecule has 0 radical (unpaired) electrons. The van der Waals surface area contributed by atoms with Gasteiger partial charge in [0.1, 0.15) is 5.82 Å². The standard InChI is InChI=1S/C12H16ClFN2.ClH/c1-9(16-7-5-15-6-8-16)10-3-2-4-11(13)12(10)14;/h2-4,9,15H,5-8H2,1H3;1H/t9-;/m1./s1. The van der Waals surface area contributed by atoms with Crippen LogP contribution in [0.5, 0.6) is 0 Å². The highest BCUT2D eigenvalue weighted by Gasteiger charge is 2.21. The summed E-state index contributed by atoms with van der Waals surface area (Å²) in [6.45, 7) is 5.86. The van der Waals surface area contributed by atoms with Crippen molar-refractivity contribution in [2.45, 2.75) is 13.0 Å². The summed E-state index contributed by atoms with van der Waals surface area (Å²) in [5, 5.41) is 3.49. The topological polar surface area (TPSA) is 15.3 Å². The first-order chi connectivity index (χ1) is 7.70. The van der Waals surface area contributed by atoms with E-state index in [1.54, 1.807) is 12.1 Å². The number of hydrogen-bond donors (Lipinski definition) is 1. The maximum atomic E-state index is 13.8. The SMILES string of the molecule is C[C@H](c1cccc(Cl)c1F)N1CCNCC1.Cl. The monoisotopic (exact) mass is 278 g/mol. The van der Waals surface area contributed by atoms with Crippen LogP contribution in [0.1, 0.15) is 18.5 Å². The second kappa shape index (κ2) is 6.55. The predicted octanol–water partition coefficient (Wildman–Crippen LogP) is 2.87. The molecule has 0 spiro atoms. The summed E-state index contributed by atoms with van der Waals surface area (Å²) in [6.07, 6.45) is 0. The Morgan fingerprint density at radius 3 is 2.65 bits per heavy atom. The quantitative estimate of drug-likeness (QED) is 0.895. The molecule has 2 nitrogen and oxygen atoms in total. The number of rotatable bonds is 2. The van der Waals surface area contributed by atoms with Crippen LogP contribution in [0.25, 0.3) is 0 Å². The van der Waals surface area contributed by atoms with Crippen molar-refractivity contribution >= 4 is 24.0 Å². The molecule has 1 aromatic carbocycles. The Kier molecular flexibility index (Phi) is 5.67. The minimum absolute atomic E-state index is 0. The fourth-order valence-corrected chi connectivity index (χ4v) is 2.29. The molecule has 0 aliphatic carbocycles. The number of piperazine rings is 1. The van der Waals surface area contributed by atoms with Crippen LogP contribution in [0, 0.1) is 5.82 Å². The summed E-state index contributed by atoms with van der Waals surface area (Å²) in [4.78, 5) is 2.27. The summed E-state index contributed by atoms with van der Waals surface area (Å²) in [6, 6.07) is 5.29. The third-order valence-corrected chi connectivity index (χ3v) is 3.42. The van der Waals surface area contributed by atoms with Crippen LogP contribution in [-0.2, 0) is 0 Å². The van der Waals surface area contributed by atoms with Crippen LogP contribution in [0.4, 0.5) is 4.39 Å². The first kappa shape index (κ1) is 14.7. The summed E-state index contributed by atoms with van der Waals surface area (Å²) in [5.41, 5.74) is 0.689. The van der Waals surface area contributed by atoms with Crippen molar-refractivity contribution in [3.63, 3.8) is 0 Å². The van der Waals surface area contributed by atoms with Crippen LogP contribution in [0.15, 0.2) is 18.2 Å². The van der Waals surface area contributed by atoms with Crippen molar-refractivity contribution in [3.05, 3.63) is 34.6 Å². The highest BCUT2D eigenvalue weighted by molar-refractivity contribution is 6.30. The molecule has 0 aromatic heterocycles. The average Bonchev–Trinajstić information content (AvgIpc) is 2.33. The van der Waals surface area contributed by atoms with Crippen LogP contribution in [0.3, 0.4) is 0 Å². The van der Waals surface area contributed by atoms with Crippen molar-refractivity contribution < 1.29 is 4.39 Å². The second-order valence-electron chi connectivity index (χ2n) is 4.10. The molecule has 0 unspecified atom stereocenters. The molecule has 1 saturated heterocycles. The van der Waals surface area contributed by atoms with Crippen LogP contribution in [0.2, 0.25) is 5.02 Å². The zero-order valence-electron chi connectivity index (χ0n) is 9.75. The molecule has 96 valence electrons. The maximum absolute atomic E-state index is 13.8. The third kappa shape index (κ3) is 3.32. The Balaban J connectivity index is 0.00000144. The van der Waals surface area contributed by atoms with Crippen LogP contribution < -0.4 is 5.32 Å². The number of halogens is 3. The van der Waals surface area contributed by atoms with E-state index in [-0.39, 0.29) is 29.3 Å². The van der Waals surface area contributed by atoms with Gasteiger partial charge in [0.25, 0.3) is 0 Å². The summed E-state index contributed by atoms with van der Waals surface area (Å²) in [7, 11) is 0. The highest BCUT2D eigenvalue weighted by atomic mass is 35.5. The van der Waals surface area contributed by atoms with Gasteiger partial charge in [-0.15, -0.1) is 12.4 Å². The van der Waals surface area contributed by atoms with Crippen molar-refractivity contribution in [1.82, 2.24) is 10.2 Å². The van der Waals surface area contributed by atoms with E-state index in [0.29, 0.717) is 5.56 Å². The lowest BCUT2D eigenvalue weighted by molar-refractivity contribution is 0.182. The third-order valence-electron chi connectivity index (χ3n) is 3.13. The molecule has 0 bridgehead atoms. The van der Waals surface area contributed by atoms with E-state index >= 15 is 0 Å². The molecule has 1 heterocycles. The van der Waals surface area contributed by atoms with Gasteiger partial charge in [0.2, 0.25) is 0 Å².